The molecule has 2 N–H and O–H groups in total. The molecular weight excluding hydrogens is 556 g/mol. The second-order valence-electron chi connectivity index (χ2n) is 8.80. The lowest BCUT2D eigenvalue weighted by Crippen LogP contribution is -2.27. The van der Waals surface area contributed by atoms with Gasteiger partial charge in [0.25, 0.3) is 11.1 Å². The van der Waals surface area contributed by atoms with E-state index in [-0.39, 0.29) is 24.8 Å². The van der Waals surface area contributed by atoms with E-state index in [0.717, 1.165) is 16.8 Å². The summed E-state index contributed by atoms with van der Waals surface area (Å²) in [4.78, 5) is 31.4. The van der Waals surface area contributed by atoms with Crippen molar-refractivity contribution in [3.05, 3.63) is 80.4 Å². The normalized spacial score (nSPS) is 13.0. The van der Waals surface area contributed by atoms with E-state index in [9.17, 15) is 44.7 Å². The Labute approximate surface area is 218 Å². The first-order chi connectivity index (χ1) is 18.7. The first-order valence-electron chi connectivity index (χ1n) is 11.5. The zero-order chi connectivity index (χ0) is 29.4. The molecule has 0 bridgehead atoms. The Kier molecular flexibility index (Phi) is 7.63. The van der Waals surface area contributed by atoms with E-state index in [1.54, 1.807) is 12.0 Å². The van der Waals surface area contributed by atoms with Gasteiger partial charge in [0.15, 0.2) is 17.5 Å². The molecular formula is C24H18F8N6O2. The van der Waals surface area contributed by atoms with Crippen molar-refractivity contribution >= 4 is 16.5 Å². The zero-order valence-corrected chi connectivity index (χ0v) is 20.3. The van der Waals surface area contributed by atoms with Crippen LogP contribution in [0.15, 0.2) is 46.5 Å². The van der Waals surface area contributed by atoms with Crippen LogP contribution in [-0.2, 0) is 18.9 Å². The summed E-state index contributed by atoms with van der Waals surface area (Å²) in [6, 6.07) is 1.75. The molecule has 0 saturated heterocycles. The highest BCUT2D eigenvalue weighted by atomic mass is 19.4. The summed E-state index contributed by atoms with van der Waals surface area (Å²) in [7, 11) is 0. The van der Waals surface area contributed by atoms with Crippen molar-refractivity contribution in [2.75, 3.05) is 5.32 Å². The molecule has 0 amide bonds. The molecule has 8 nitrogen and oxygen atoms in total. The van der Waals surface area contributed by atoms with Crippen LogP contribution in [-0.4, -0.2) is 30.8 Å². The van der Waals surface area contributed by atoms with Gasteiger partial charge in [0, 0.05) is 31.2 Å². The highest BCUT2D eigenvalue weighted by molar-refractivity contribution is 5.86. The molecule has 0 aliphatic heterocycles. The summed E-state index contributed by atoms with van der Waals surface area (Å²) in [6.45, 7) is 1.54. The molecule has 0 fully saturated rings. The number of nitrogens with zero attached hydrogens (tertiary/aromatic N) is 4. The van der Waals surface area contributed by atoms with Crippen molar-refractivity contribution in [1.82, 2.24) is 24.7 Å². The van der Waals surface area contributed by atoms with E-state index < -0.39 is 74.7 Å². The lowest BCUT2D eigenvalue weighted by Gasteiger charge is -2.18. The van der Waals surface area contributed by atoms with E-state index in [1.807, 2.05) is 0 Å². The van der Waals surface area contributed by atoms with Gasteiger partial charge in [-0.25, -0.2) is 23.8 Å². The predicted octanol–water partition coefficient (Wildman–Crippen LogP) is 5.14. The molecule has 0 spiro atoms. The van der Waals surface area contributed by atoms with Crippen LogP contribution < -0.4 is 16.4 Å². The number of H-pyrrole nitrogens is 1. The molecule has 16 heteroatoms. The smallest absolute Gasteiger partial charge is 0.381 e. The van der Waals surface area contributed by atoms with Crippen molar-refractivity contribution < 1.29 is 35.1 Å². The van der Waals surface area contributed by atoms with Gasteiger partial charge in [0.2, 0.25) is 0 Å². The van der Waals surface area contributed by atoms with Gasteiger partial charge in [0.1, 0.15) is 5.56 Å². The Morgan fingerprint density at radius 2 is 1.68 bits per heavy atom. The van der Waals surface area contributed by atoms with Crippen LogP contribution in [0.3, 0.4) is 0 Å². The minimum atomic E-state index is -4.92. The highest BCUT2D eigenvalue weighted by Crippen LogP contribution is 2.32. The van der Waals surface area contributed by atoms with Gasteiger partial charge in [-0.3, -0.25) is 9.59 Å². The van der Waals surface area contributed by atoms with Crippen LogP contribution in [0.4, 0.5) is 40.8 Å². The molecule has 0 aliphatic carbocycles. The fourth-order valence-electron chi connectivity index (χ4n) is 4.02. The zero-order valence-electron chi connectivity index (χ0n) is 20.3. The molecule has 0 aliphatic rings. The van der Waals surface area contributed by atoms with Gasteiger partial charge < -0.3 is 9.88 Å². The lowest BCUT2D eigenvalue weighted by atomic mass is 10.1. The Morgan fingerprint density at radius 3 is 2.30 bits per heavy atom. The van der Waals surface area contributed by atoms with Crippen molar-refractivity contribution in [2.45, 2.75) is 44.7 Å². The number of anilines is 1. The number of hydrogen-bond donors (Lipinski definition) is 2. The van der Waals surface area contributed by atoms with E-state index >= 15 is 0 Å². The molecule has 212 valence electrons. The monoisotopic (exact) mass is 574 g/mol. The predicted molar refractivity (Wildman–Crippen MR) is 126 cm³/mol. The third-order valence-corrected chi connectivity index (χ3v) is 5.94. The fourth-order valence-corrected chi connectivity index (χ4v) is 4.02. The second kappa shape index (κ2) is 10.7. The lowest BCUT2D eigenvalue weighted by molar-refractivity contribution is -0.139. The molecule has 4 rings (SSSR count). The quantitative estimate of drug-likeness (QED) is 0.297. The van der Waals surface area contributed by atoms with Crippen LogP contribution in [0, 0.1) is 11.6 Å². The Bertz CT molecular complexity index is 1660. The summed E-state index contributed by atoms with van der Waals surface area (Å²) < 4.78 is 109. The number of benzene rings is 1. The molecule has 1 atom stereocenters. The van der Waals surface area contributed by atoms with Crippen LogP contribution >= 0.6 is 0 Å². The number of rotatable bonds is 7. The number of aromatic nitrogens is 5. The summed E-state index contributed by atoms with van der Waals surface area (Å²) in [5.74, 6) is -3.57. The van der Waals surface area contributed by atoms with E-state index in [1.165, 1.54) is 12.3 Å². The van der Waals surface area contributed by atoms with Crippen molar-refractivity contribution in [3.63, 3.8) is 0 Å². The molecule has 0 unspecified atom stereocenters. The van der Waals surface area contributed by atoms with E-state index in [0.29, 0.717) is 12.4 Å². The standard InChI is InChI=1S/C24H18F8N6O2/c1-11(36-15-10-35-37-21(39)17(15)24(30,31)32)3-2-5-38-6-4-12-7-14(18(25)19(26)16(12)22(38)40)20-33-8-13(9-34-20)23(27,28)29/h4,6-11H,2-3,5H2,1H3,(H2,36,37,39)/t11-/m0/s1. The topological polar surface area (TPSA) is 106 Å². The number of aryl methyl sites for hydroxylation is 1. The van der Waals surface area contributed by atoms with Crippen LogP contribution in [0.1, 0.15) is 30.9 Å². The number of nitrogens with one attached hydrogen (secondary N) is 2. The number of fused-ring (bicyclic) bond motifs is 1. The molecule has 3 aromatic heterocycles. The Morgan fingerprint density at radius 1 is 1.00 bits per heavy atom. The largest absolute Gasteiger partial charge is 0.423 e. The van der Waals surface area contributed by atoms with Gasteiger partial charge in [-0.15, -0.1) is 0 Å². The number of pyridine rings is 1. The summed E-state index contributed by atoms with van der Waals surface area (Å²) >= 11 is 0. The summed E-state index contributed by atoms with van der Waals surface area (Å²) in [6.07, 6.45) is -6.24. The minimum Gasteiger partial charge on any atom is -0.381 e. The third kappa shape index (κ3) is 5.79. The molecule has 0 radical (unpaired) electrons. The average Bonchev–Trinajstić information content (AvgIpc) is 2.86. The van der Waals surface area contributed by atoms with Crippen LogP contribution in [0.5, 0.6) is 0 Å². The van der Waals surface area contributed by atoms with Gasteiger partial charge in [0.05, 0.1) is 28.4 Å². The highest BCUT2D eigenvalue weighted by Gasteiger charge is 2.37. The Balaban J connectivity index is 1.52. The number of alkyl halides is 6. The number of halogens is 8. The molecule has 40 heavy (non-hydrogen) atoms. The van der Waals surface area contributed by atoms with Gasteiger partial charge >= 0.3 is 12.4 Å². The SMILES string of the molecule is C[C@@H](CCCn1ccc2cc(-c3ncc(C(F)(F)F)cn3)c(F)c(F)c2c1=O)Nc1cn[nH]c(=O)c1C(F)(F)F. The van der Waals surface area contributed by atoms with Crippen LogP contribution in [0.25, 0.3) is 22.2 Å². The molecule has 3 heterocycles. The minimum absolute atomic E-state index is 0.00856. The van der Waals surface area contributed by atoms with E-state index in [4.69, 9.17) is 0 Å². The maximum Gasteiger partial charge on any atom is 0.423 e. The van der Waals surface area contributed by atoms with Crippen molar-refractivity contribution in [2.24, 2.45) is 0 Å². The Hall–Kier alpha value is -4.37. The molecule has 1 aromatic carbocycles. The summed E-state index contributed by atoms with van der Waals surface area (Å²) in [5, 5.41) is 7.01. The number of hydrogen-bond acceptors (Lipinski definition) is 6. The van der Waals surface area contributed by atoms with Gasteiger partial charge in [-0.05, 0) is 37.3 Å². The fraction of sp³-hybridized carbons (Fsp3) is 0.292. The molecule has 0 saturated carbocycles. The van der Waals surface area contributed by atoms with Crippen molar-refractivity contribution in [3.8, 4) is 11.4 Å². The van der Waals surface area contributed by atoms with Gasteiger partial charge in [-0.2, -0.15) is 31.4 Å². The van der Waals surface area contributed by atoms with Crippen LogP contribution in [0.2, 0.25) is 0 Å². The first-order valence-corrected chi connectivity index (χ1v) is 11.5. The first kappa shape index (κ1) is 28.6. The average molecular weight is 574 g/mol. The van der Waals surface area contributed by atoms with Crippen molar-refractivity contribution in [1.29, 1.82) is 0 Å². The van der Waals surface area contributed by atoms with Gasteiger partial charge in [-0.1, -0.05) is 0 Å². The second-order valence-corrected chi connectivity index (χ2v) is 8.80. The maximum absolute atomic E-state index is 15.0. The summed E-state index contributed by atoms with van der Waals surface area (Å²) in [5.41, 5.74) is -5.97. The third-order valence-electron chi connectivity index (χ3n) is 5.94. The maximum atomic E-state index is 15.0. The van der Waals surface area contributed by atoms with E-state index in [2.05, 4.69) is 20.4 Å². The molecule has 4 aromatic rings. The number of aromatic amines is 1.